The number of ether oxygens (including phenoxy) is 3. The van der Waals surface area contributed by atoms with Crippen molar-refractivity contribution < 1.29 is 23.8 Å². The molecule has 10 heteroatoms. The van der Waals surface area contributed by atoms with Crippen molar-refractivity contribution in [1.29, 1.82) is 0 Å². The number of aromatic nitrogens is 1. The molecular weight excluding hydrogens is 438 g/mol. The highest BCUT2D eigenvalue weighted by molar-refractivity contribution is 9.11. The number of amides is 2. The summed E-state index contributed by atoms with van der Waals surface area (Å²) in [6.45, 7) is 0. The third kappa shape index (κ3) is 3.71. The van der Waals surface area contributed by atoms with E-state index in [1.165, 1.54) is 32.7 Å². The molecule has 2 aromatic heterocycles. The van der Waals surface area contributed by atoms with E-state index in [-0.39, 0.29) is 5.69 Å². The molecule has 0 aliphatic carbocycles. The Hall–Kier alpha value is -2.72. The lowest BCUT2D eigenvalue weighted by Crippen LogP contribution is -2.41. The summed E-state index contributed by atoms with van der Waals surface area (Å²) in [6.07, 6.45) is 0. The number of carbonyl (C=O) groups excluding carboxylic acids is 2. The molecule has 1 aromatic carbocycles. The summed E-state index contributed by atoms with van der Waals surface area (Å²) in [4.78, 5) is 27.9. The molecule has 0 atom stereocenters. The maximum atomic E-state index is 12.4. The van der Waals surface area contributed by atoms with Gasteiger partial charge in [-0.25, -0.2) is 0 Å². The van der Waals surface area contributed by atoms with Gasteiger partial charge in [-0.05, 0) is 34.1 Å². The number of fused-ring (bicyclic) bond motifs is 1. The fraction of sp³-hybridized carbons (Fsp3) is 0.176. The van der Waals surface area contributed by atoms with Crippen LogP contribution in [0, 0.1) is 0 Å². The zero-order chi connectivity index (χ0) is 19.6. The number of carbonyl (C=O) groups is 2. The second-order valence-corrected chi connectivity index (χ2v) is 7.76. The van der Waals surface area contributed by atoms with Gasteiger partial charge in [0.05, 0.1) is 35.5 Å². The van der Waals surface area contributed by atoms with Crippen LogP contribution in [-0.2, 0) is 0 Å². The Bertz CT molecular complexity index is 1010. The molecular formula is C17H16BrN3O5S. The van der Waals surface area contributed by atoms with Crippen LogP contribution in [0.4, 0.5) is 0 Å². The highest BCUT2D eigenvalue weighted by atomic mass is 79.9. The Balaban J connectivity index is 1.85. The molecule has 27 heavy (non-hydrogen) atoms. The lowest BCUT2D eigenvalue weighted by atomic mass is 10.2. The van der Waals surface area contributed by atoms with Gasteiger partial charge in [0, 0.05) is 11.5 Å². The molecule has 0 aliphatic heterocycles. The maximum absolute atomic E-state index is 12.4. The van der Waals surface area contributed by atoms with Gasteiger partial charge >= 0.3 is 0 Å². The minimum absolute atomic E-state index is 0.225. The monoisotopic (exact) mass is 453 g/mol. The van der Waals surface area contributed by atoms with Crippen molar-refractivity contribution in [1.82, 2.24) is 15.8 Å². The van der Waals surface area contributed by atoms with Gasteiger partial charge in [-0.1, -0.05) is 0 Å². The summed E-state index contributed by atoms with van der Waals surface area (Å²) >= 11 is 4.55. The van der Waals surface area contributed by atoms with E-state index in [0.717, 1.165) is 3.79 Å². The third-order valence-electron chi connectivity index (χ3n) is 3.77. The number of rotatable bonds is 5. The van der Waals surface area contributed by atoms with Crippen LogP contribution >= 0.6 is 27.3 Å². The second kappa shape index (κ2) is 7.89. The van der Waals surface area contributed by atoms with Crippen LogP contribution in [0.2, 0.25) is 0 Å². The average Bonchev–Trinajstić information content (AvgIpc) is 3.31. The number of hydrogen-bond acceptors (Lipinski definition) is 6. The lowest BCUT2D eigenvalue weighted by molar-refractivity contribution is 0.0846. The minimum Gasteiger partial charge on any atom is -0.496 e. The van der Waals surface area contributed by atoms with E-state index < -0.39 is 11.8 Å². The molecule has 0 aliphatic rings. The van der Waals surface area contributed by atoms with Crippen LogP contribution in [-0.4, -0.2) is 38.1 Å². The molecule has 0 radical (unpaired) electrons. The van der Waals surface area contributed by atoms with E-state index in [9.17, 15) is 9.59 Å². The van der Waals surface area contributed by atoms with Crippen LogP contribution in [0.5, 0.6) is 17.2 Å². The van der Waals surface area contributed by atoms with Gasteiger partial charge in [-0.2, -0.15) is 0 Å². The number of halogens is 1. The number of hydrogen-bond donors (Lipinski definition) is 3. The summed E-state index contributed by atoms with van der Waals surface area (Å²) < 4.78 is 16.9. The van der Waals surface area contributed by atoms with Gasteiger partial charge in [-0.3, -0.25) is 20.4 Å². The molecule has 0 saturated heterocycles. The number of H-pyrrole nitrogens is 1. The molecule has 3 rings (SSSR count). The van der Waals surface area contributed by atoms with E-state index in [1.807, 2.05) is 0 Å². The summed E-state index contributed by atoms with van der Waals surface area (Å²) in [5.74, 6) is 0.503. The topological polar surface area (TPSA) is 102 Å². The summed E-state index contributed by atoms with van der Waals surface area (Å²) in [7, 11) is 4.54. The van der Waals surface area contributed by atoms with E-state index in [2.05, 4.69) is 31.8 Å². The van der Waals surface area contributed by atoms with Crippen molar-refractivity contribution in [3.05, 3.63) is 38.6 Å². The Kier molecular flexibility index (Phi) is 5.57. The van der Waals surface area contributed by atoms with E-state index in [1.54, 1.807) is 24.3 Å². The van der Waals surface area contributed by atoms with Crippen LogP contribution in [0.15, 0.2) is 28.1 Å². The van der Waals surface area contributed by atoms with Crippen molar-refractivity contribution in [2.24, 2.45) is 0 Å². The molecule has 3 aromatic rings. The van der Waals surface area contributed by atoms with Crippen LogP contribution in [0.25, 0.3) is 10.9 Å². The summed E-state index contributed by atoms with van der Waals surface area (Å²) in [5.41, 5.74) is 5.53. The molecule has 0 bridgehead atoms. The van der Waals surface area contributed by atoms with Crippen molar-refractivity contribution in [3.63, 3.8) is 0 Å². The number of aromatic amines is 1. The first-order valence-electron chi connectivity index (χ1n) is 7.66. The van der Waals surface area contributed by atoms with Crippen LogP contribution < -0.4 is 25.1 Å². The third-order valence-corrected chi connectivity index (χ3v) is 5.39. The molecule has 2 amide bonds. The van der Waals surface area contributed by atoms with Crippen molar-refractivity contribution in [3.8, 4) is 17.2 Å². The minimum atomic E-state index is -0.516. The Labute approximate surface area is 166 Å². The van der Waals surface area contributed by atoms with Gasteiger partial charge in [0.25, 0.3) is 11.8 Å². The highest BCUT2D eigenvalue weighted by Gasteiger charge is 2.20. The molecule has 0 unspecified atom stereocenters. The number of thiophene rings is 1. The summed E-state index contributed by atoms with van der Waals surface area (Å²) in [5, 5.41) is 0.647. The molecule has 0 spiro atoms. The Morgan fingerprint density at radius 3 is 2.30 bits per heavy atom. The molecule has 142 valence electrons. The van der Waals surface area contributed by atoms with Crippen LogP contribution in [0.3, 0.4) is 0 Å². The van der Waals surface area contributed by atoms with Crippen molar-refractivity contribution in [2.45, 2.75) is 0 Å². The van der Waals surface area contributed by atoms with Gasteiger partial charge in [0.1, 0.15) is 11.4 Å². The first kappa shape index (κ1) is 19.1. The van der Waals surface area contributed by atoms with Gasteiger partial charge < -0.3 is 19.2 Å². The lowest BCUT2D eigenvalue weighted by Gasteiger charge is -2.11. The van der Waals surface area contributed by atoms with Gasteiger partial charge in [-0.15, -0.1) is 11.3 Å². The number of benzene rings is 1. The van der Waals surface area contributed by atoms with Crippen molar-refractivity contribution >= 4 is 50.0 Å². The fourth-order valence-corrected chi connectivity index (χ4v) is 3.82. The predicted octanol–water partition coefficient (Wildman–Crippen LogP) is 3.09. The van der Waals surface area contributed by atoms with Crippen molar-refractivity contribution in [2.75, 3.05) is 21.3 Å². The molecule has 3 N–H and O–H groups in total. The van der Waals surface area contributed by atoms with Gasteiger partial charge in [0.15, 0.2) is 11.5 Å². The largest absolute Gasteiger partial charge is 0.496 e. The normalized spacial score (nSPS) is 10.5. The quantitative estimate of drug-likeness (QED) is 0.515. The zero-order valence-electron chi connectivity index (χ0n) is 14.6. The first-order chi connectivity index (χ1) is 13.0. The SMILES string of the molecule is COc1cc(OC)c2cc(C(=O)NNC(=O)c3ccc(Br)s3)[nH]c2c1OC. The highest BCUT2D eigenvalue weighted by Crippen LogP contribution is 2.41. The van der Waals surface area contributed by atoms with E-state index in [0.29, 0.717) is 33.0 Å². The Morgan fingerprint density at radius 2 is 1.70 bits per heavy atom. The zero-order valence-corrected chi connectivity index (χ0v) is 17.0. The number of hydrazine groups is 1. The molecule has 2 heterocycles. The van der Waals surface area contributed by atoms with Crippen LogP contribution in [0.1, 0.15) is 20.2 Å². The smallest absolute Gasteiger partial charge is 0.286 e. The molecule has 8 nitrogen and oxygen atoms in total. The molecule has 0 fully saturated rings. The van der Waals surface area contributed by atoms with Gasteiger partial charge in [0.2, 0.25) is 0 Å². The maximum Gasteiger partial charge on any atom is 0.286 e. The average molecular weight is 454 g/mol. The number of nitrogens with one attached hydrogen (secondary N) is 3. The second-order valence-electron chi connectivity index (χ2n) is 5.30. The fourth-order valence-electron chi connectivity index (χ4n) is 2.54. The predicted molar refractivity (Wildman–Crippen MR) is 105 cm³/mol. The summed E-state index contributed by atoms with van der Waals surface area (Å²) in [6, 6.07) is 6.69. The number of methoxy groups -OCH3 is 3. The van der Waals surface area contributed by atoms with E-state index in [4.69, 9.17) is 14.2 Å². The first-order valence-corrected chi connectivity index (χ1v) is 9.27. The van der Waals surface area contributed by atoms with E-state index >= 15 is 0 Å². The standard InChI is InChI=1S/C17H16BrN3O5S/c1-24-10-7-11(25-2)15(26-3)14-8(10)6-9(19-14)16(22)20-21-17(23)12-4-5-13(18)27-12/h4-7,19H,1-3H3,(H,20,22)(H,21,23). The Morgan fingerprint density at radius 1 is 1.00 bits per heavy atom. The molecule has 0 saturated carbocycles.